The molecule has 6 nitrogen and oxygen atoms in total. The highest BCUT2D eigenvalue weighted by molar-refractivity contribution is 14.0. The number of ether oxygens (including phenoxy) is 2. The molecular weight excluding hydrogens is 407 g/mol. The molecule has 2 aliphatic rings. The van der Waals surface area contributed by atoms with Gasteiger partial charge < -0.3 is 20.1 Å². The molecule has 0 radical (unpaired) electrons. The Morgan fingerprint density at radius 3 is 2.52 bits per heavy atom. The SMILES string of the molecule is CN=C(NCC1(N2CCCC2)CCOCC1)NC(C)COC.I. The molecule has 0 aliphatic carbocycles. The van der Waals surface area contributed by atoms with E-state index in [1.807, 2.05) is 7.05 Å². The van der Waals surface area contributed by atoms with Gasteiger partial charge in [0, 0.05) is 45.5 Å². The molecule has 0 aromatic carbocycles. The summed E-state index contributed by atoms with van der Waals surface area (Å²) in [6, 6.07) is 0.244. The molecule has 7 heteroatoms. The summed E-state index contributed by atoms with van der Waals surface area (Å²) >= 11 is 0. The van der Waals surface area contributed by atoms with E-state index in [4.69, 9.17) is 9.47 Å². The summed E-state index contributed by atoms with van der Waals surface area (Å²) in [6.07, 6.45) is 4.84. The second-order valence-electron chi connectivity index (χ2n) is 6.46. The smallest absolute Gasteiger partial charge is 0.191 e. The van der Waals surface area contributed by atoms with Gasteiger partial charge in [-0.05, 0) is 45.7 Å². The Labute approximate surface area is 157 Å². The van der Waals surface area contributed by atoms with E-state index < -0.39 is 0 Å². The fraction of sp³-hybridized carbons (Fsp3) is 0.938. The van der Waals surface area contributed by atoms with E-state index in [0.717, 1.165) is 38.6 Å². The minimum atomic E-state index is 0. The van der Waals surface area contributed by atoms with Crippen LogP contribution in [0.1, 0.15) is 32.6 Å². The maximum atomic E-state index is 5.60. The number of likely N-dealkylation sites (tertiary alicyclic amines) is 1. The Hall–Kier alpha value is -0.120. The summed E-state index contributed by atoms with van der Waals surface area (Å²) in [7, 11) is 3.54. The van der Waals surface area contributed by atoms with Crippen molar-refractivity contribution in [3.63, 3.8) is 0 Å². The molecule has 1 unspecified atom stereocenters. The van der Waals surface area contributed by atoms with E-state index in [9.17, 15) is 0 Å². The lowest BCUT2D eigenvalue weighted by Crippen LogP contribution is -2.59. The summed E-state index contributed by atoms with van der Waals surface area (Å²) in [5, 5.41) is 6.91. The van der Waals surface area contributed by atoms with Gasteiger partial charge in [-0.2, -0.15) is 0 Å². The predicted molar refractivity (Wildman–Crippen MR) is 105 cm³/mol. The van der Waals surface area contributed by atoms with Crippen LogP contribution in [-0.2, 0) is 9.47 Å². The summed E-state index contributed by atoms with van der Waals surface area (Å²) < 4.78 is 10.8. The third-order valence-electron chi connectivity index (χ3n) is 4.81. The van der Waals surface area contributed by atoms with Gasteiger partial charge in [0.2, 0.25) is 0 Å². The first kappa shape index (κ1) is 20.9. The van der Waals surface area contributed by atoms with Gasteiger partial charge in [0.1, 0.15) is 0 Å². The van der Waals surface area contributed by atoms with Crippen LogP contribution >= 0.6 is 24.0 Å². The standard InChI is InChI=1S/C16H32N4O2.HI/c1-14(12-21-3)19-15(17-2)18-13-16(6-10-22-11-7-16)20-8-4-5-9-20;/h14H,4-13H2,1-3H3,(H2,17,18,19);1H. The van der Waals surface area contributed by atoms with Crippen molar-refractivity contribution in [2.24, 2.45) is 4.99 Å². The molecular formula is C16H33IN4O2. The molecule has 2 N–H and O–H groups in total. The average Bonchev–Trinajstić information content (AvgIpc) is 3.07. The highest BCUT2D eigenvalue weighted by Crippen LogP contribution is 2.30. The maximum absolute atomic E-state index is 5.60. The molecule has 0 spiro atoms. The Balaban J connectivity index is 0.00000264. The van der Waals surface area contributed by atoms with Gasteiger partial charge in [0.05, 0.1) is 6.61 Å². The summed E-state index contributed by atoms with van der Waals surface area (Å²) in [6.45, 7) is 7.86. The zero-order valence-corrected chi connectivity index (χ0v) is 17.1. The Kier molecular flexibility index (Phi) is 9.72. The van der Waals surface area contributed by atoms with Gasteiger partial charge in [-0.15, -0.1) is 24.0 Å². The van der Waals surface area contributed by atoms with Crippen LogP contribution < -0.4 is 10.6 Å². The van der Waals surface area contributed by atoms with Crippen molar-refractivity contribution in [3.05, 3.63) is 0 Å². The fourth-order valence-electron chi connectivity index (χ4n) is 3.52. The first-order valence-corrected chi connectivity index (χ1v) is 8.49. The molecule has 2 fully saturated rings. The van der Waals surface area contributed by atoms with Gasteiger partial charge in [0.25, 0.3) is 0 Å². The van der Waals surface area contributed by atoms with Gasteiger partial charge in [-0.25, -0.2) is 0 Å². The van der Waals surface area contributed by atoms with Gasteiger partial charge >= 0.3 is 0 Å². The molecule has 1 atom stereocenters. The number of nitrogens with one attached hydrogen (secondary N) is 2. The molecule has 2 heterocycles. The van der Waals surface area contributed by atoms with Crippen molar-refractivity contribution in [1.82, 2.24) is 15.5 Å². The lowest BCUT2D eigenvalue weighted by molar-refractivity contribution is -0.0164. The van der Waals surface area contributed by atoms with Crippen LogP contribution in [0.3, 0.4) is 0 Å². The van der Waals surface area contributed by atoms with Crippen molar-refractivity contribution in [2.45, 2.75) is 44.2 Å². The van der Waals surface area contributed by atoms with Crippen LogP contribution in [0.4, 0.5) is 0 Å². The summed E-state index contributed by atoms with van der Waals surface area (Å²) in [4.78, 5) is 7.00. The van der Waals surface area contributed by atoms with Crippen molar-refractivity contribution >= 4 is 29.9 Å². The van der Waals surface area contributed by atoms with E-state index in [1.165, 1.54) is 25.9 Å². The predicted octanol–water partition coefficient (Wildman–Crippen LogP) is 1.45. The van der Waals surface area contributed by atoms with Gasteiger partial charge in [-0.1, -0.05) is 0 Å². The van der Waals surface area contributed by atoms with Crippen LogP contribution in [-0.4, -0.2) is 76.1 Å². The zero-order valence-electron chi connectivity index (χ0n) is 14.8. The minimum absolute atomic E-state index is 0. The van der Waals surface area contributed by atoms with Crippen molar-refractivity contribution in [3.8, 4) is 0 Å². The number of halogens is 1. The van der Waals surface area contributed by atoms with Crippen molar-refractivity contribution in [1.29, 1.82) is 0 Å². The minimum Gasteiger partial charge on any atom is -0.383 e. The van der Waals surface area contributed by atoms with Gasteiger partial charge in [-0.3, -0.25) is 9.89 Å². The molecule has 136 valence electrons. The summed E-state index contributed by atoms with van der Waals surface area (Å²) in [5.74, 6) is 0.856. The van der Waals surface area contributed by atoms with E-state index in [1.54, 1.807) is 7.11 Å². The lowest BCUT2D eigenvalue weighted by Gasteiger charge is -2.45. The van der Waals surface area contributed by atoms with Crippen LogP contribution in [0.5, 0.6) is 0 Å². The monoisotopic (exact) mass is 440 g/mol. The molecule has 0 bridgehead atoms. The molecule has 0 saturated carbocycles. The van der Waals surface area contributed by atoms with E-state index >= 15 is 0 Å². The van der Waals surface area contributed by atoms with Crippen LogP contribution in [0.15, 0.2) is 4.99 Å². The second kappa shape index (κ2) is 10.7. The largest absolute Gasteiger partial charge is 0.383 e. The molecule has 2 rings (SSSR count). The molecule has 0 amide bonds. The summed E-state index contributed by atoms with van der Waals surface area (Å²) in [5.41, 5.74) is 0.219. The average molecular weight is 440 g/mol. The number of aliphatic imine (C=N–C) groups is 1. The Bertz CT molecular complexity index is 356. The van der Waals surface area contributed by atoms with E-state index in [2.05, 4.69) is 27.4 Å². The highest BCUT2D eigenvalue weighted by Gasteiger charge is 2.39. The normalized spacial score (nSPS) is 23.2. The number of rotatable bonds is 6. The van der Waals surface area contributed by atoms with Crippen LogP contribution in [0.2, 0.25) is 0 Å². The molecule has 2 saturated heterocycles. The Morgan fingerprint density at radius 2 is 1.96 bits per heavy atom. The first-order chi connectivity index (χ1) is 10.7. The van der Waals surface area contributed by atoms with Crippen molar-refractivity contribution < 1.29 is 9.47 Å². The number of methoxy groups -OCH3 is 1. The topological polar surface area (TPSA) is 58.1 Å². The third-order valence-corrected chi connectivity index (χ3v) is 4.81. The first-order valence-electron chi connectivity index (χ1n) is 8.49. The second-order valence-corrected chi connectivity index (χ2v) is 6.46. The molecule has 2 aliphatic heterocycles. The maximum Gasteiger partial charge on any atom is 0.191 e. The Morgan fingerprint density at radius 1 is 1.30 bits per heavy atom. The highest BCUT2D eigenvalue weighted by atomic mass is 127. The van der Waals surface area contributed by atoms with Crippen LogP contribution in [0.25, 0.3) is 0 Å². The number of hydrogen-bond donors (Lipinski definition) is 2. The van der Waals surface area contributed by atoms with E-state index in [0.29, 0.717) is 6.61 Å². The van der Waals surface area contributed by atoms with E-state index in [-0.39, 0.29) is 35.6 Å². The lowest BCUT2D eigenvalue weighted by atomic mass is 9.88. The zero-order chi connectivity index (χ0) is 15.8. The number of guanidine groups is 1. The molecule has 0 aromatic heterocycles. The number of nitrogens with zero attached hydrogens (tertiary/aromatic N) is 2. The van der Waals surface area contributed by atoms with Crippen molar-refractivity contribution in [2.75, 3.05) is 53.6 Å². The fourth-order valence-corrected chi connectivity index (χ4v) is 3.52. The number of hydrogen-bond acceptors (Lipinski definition) is 4. The third kappa shape index (κ3) is 6.03. The van der Waals surface area contributed by atoms with Crippen LogP contribution in [0, 0.1) is 0 Å². The van der Waals surface area contributed by atoms with Gasteiger partial charge in [0.15, 0.2) is 5.96 Å². The molecule has 23 heavy (non-hydrogen) atoms. The molecule has 0 aromatic rings. The quantitative estimate of drug-likeness (QED) is 0.372.